The van der Waals surface area contributed by atoms with E-state index in [1.807, 2.05) is 0 Å². The van der Waals surface area contributed by atoms with E-state index < -0.39 is 22.1 Å². The van der Waals surface area contributed by atoms with Gasteiger partial charge in [-0.3, -0.25) is 10.1 Å². The number of nitrogens with zero attached hydrogens (tertiary/aromatic N) is 1. The molecule has 7 heteroatoms. The molecule has 0 bridgehead atoms. The summed E-state index contributed by atoms with van der Waals surface area (Å²) in [5.41, 5.74) is -0.919. The molecule has 0 saturated carbocycles. The van der Waals surface area contributed by atoms with Crippen molar-refractivity contribution in [1.29, 1.82) is 0 Å². The minimum absolute atomic E-state index is 0.0321. The molecule has 0 saturated heterocycles. The number of benzene rings is 2. The Hall–Kier alpha value is -3.22. The number of hydrogen-bond donors (Lipinski definition) is 1. The summed E-state index contributed by atoms with van der Waals surface area (Å²) in [7, 11) is 0. The summed E-state index contributed by atoms with van der Waals surface area (Å²) in [6.07, 6.45) is -0.132. The van der Waals surface area contributed by atoms with Gasteiger partial charge in [-0.15, -0.1) is 0 Å². The number of hydrogen-bond acceptors (Lipinski definition) is 5. The molecule has 23 heavy (non-hydrogen) atoms. The zero-order valence-corrected chi connectivity index (χ0v) is 11.7. The summed E-state index contributed by atoms with van der Waals surface area (Å²) in [6, 6.07) is 9.60. The fourth-order valence-electron chi connectivity index (χ4n) is 2.31. The van der Waals surface area contributed by atoms with E-state index >= 15 is 0 Å². The van der Waals surface area contributed by atoms with Gasteiger partial charge in [-0.1, -0.05) is 12.1 Å². The maximum atomic E-state index is 14.1. The molecule has 0 aliphatic carbocycles. The number of fused-ring (bicyclic) bond motifs is 1. The monoisotopic (exact) mass is 315 g/mol. The third-order valence-electron chi connectivity index (χ3n) is 3.43. The molecule has 3 rings (SSSR count). The largest absolute Gasteiger partial charge is 0.508 e. The van der Waals surface area contributed by atoms with Crippen LogP contribution in [0.5, 0.6) is 5.75 Å². The number of phenols is 1. The Labute approximate surface area is 128 Å². The van der Waals surface area contributed by atoms with Crippen LogP contribution in [0.3, 0.4) is 0 Å². The first-order valence-electron chi connectivity index (χ1n) is 6.63. The first-order valence-corrected chi connectivity index (χ1v) is 6.63. The van der Waals surface area contributed by atoms with Crippen LogP contribution in [-0.2, 0) is 6.42 Å². The maximum Gasteiger partial charge on any atom is 0.339 e. The van der Waals surface area contributed by atoms with E-state index in [-0.39, 0.29) is 28.9 Å². The van der Waals surface area contributed by atoms with Crippen molar-refractivity contribution < 1.29 is 18.8 Å². The molecule has 1 heterocycles. The lowest BCUT2D eigenvalue weighted by atomic mass is 10.0. The highest BCUT2D eigenvalue weighted by molar-refractivity contribution is 5.78. The number of halogens is 1. The van der Waals surface area contributed by atoms with Gasteiger partial charge in [0.2, 0.25) is 5.82 Å². The van der Waals surface area contributed by atoms with Gasteiger partial charge < -0.3 is 9.52 Å². The summed E-state index contributed by atoms with van der Waals surface area (Å²) >= 11 is 0. The van der Waals surface area contributed by atoms with Gasteiger partial charge in [0, 0.05) is 29.5 Å². The third-order valence-corrected chi connectivity index (χ3v) is 3.43. The highest BCUT2D eigenvalue weighted by Crippen LogP contribution is 2.24. The van der Waals surface area contributed by atoms with Gasteiger partial charge in [-0.2, -0.15) is 4.39 Å². The molecule has 2 aromatic carbocycles. The van der Waals surface area contributed by atoms with E-state index in [2.05, 4.69) is 0 Å². The molecule has 0 unspecified atom stereocenters. The van der Waals surface area contributed by atoms with Gasteiger partial charge in [0.05, 0.1) is 4.92 Å². The van der Waals surface area contributed by atoms with Crippen LogP contribution in [0.25, 0.3) is 11.0 Å². The molecule has 0 spiro atoms. The van der Waals surface area contributed by atoms with Crippen molar-refractivity contribution in [2.75, 3.05) is 0 Å². The van der Waals surface area contributed by atoms with Crippen LogP contribution in [0.15, 0.2) is 51.7 Å². The van der Waals surface area contributed by atoms with E-state index in [1.165, 1.54) is 30.3 Å². The Morgan fingerprint density at radius 2 is 1.96 bits per heavy atom. The number of nitro groups is 1. The summed E-state index contributed by atoms with van der Waals surface area (Å²) in [5, 5.41) is 20.7. The number of phenolic OH excluding ortho intramolecular Hbond substituents is 1. The quantitative estimate of drug-likeness (QED) is 0.455. The van der Waals surface area contributed by atoms with Crippen molar-refractivity contribution >= 4 is 16.7 Å². The minimum atomic E-state index is -0.970. The van der Waals surface area contributed by atoms with Crippen molar-refractivity contribution in [3.8, 4) is 5.75 Å². The molecule has 0 aliphatic heterocycles. The van der Waals surface area contributed by atoms with Crippen molar-refractivity contribution in [3.05, 3.63) is 79.9 Å². The smallest absolute Gasteiger partial charge is 0.339 e. The minimum Gasteiger partial charge on any atom is -0.508 e. The normalized spacial score (nSPS) is 10.8. The van der Waals surface area contributed by atoms with E-state index in [0.29, 0.717) is 5.39 Å². The molecule has 116 valence electrons. The SMILES string of the molecule is O=c1oc2cc(O)ccc2cc1Cc1cccc([N+](=O)[O-])c1F. The van der Waals surface area contributed by atoms with Crippen molar-refractivity contribution in [2.45, 2.75) is 6.42 Å². The first-order chi connectivity index (χ1) is 11.0. The second-order valence-electron chi connectivity index (χ2n) is 4.97. The second-order valence-corrected chi connectivity index (χ2v) is 4.97. The number of aromatic hydroxyl groups is 1. The van der Waals surface area contributed by atoms with E-state index in [4.69, 9.17) is 4.42 Å². The second kappa shape index (κ2) is 5.53. The van der Waals surface area contributed by atoms with Gasteiger partial charge in [0.25, 0.3) is 0 Å². The van der Waals surface area contributed by atoms with Crippen molar-refractivity contribution in [3.63, 3.8) is 0 Å². The maximum absolute atomic E-state index is 14.1. The molecule has 0 fully saturated rings. The molecule has 0 radical (unpaired) electrons. The lowest BCUT2D eigenvalue weighted by molar-refractivity contribution is -0.387. The van der Waals surface area contributed by atoms with Crippen LogP contribution in [0.1, 0.15) is 11.1 Å². The summed E-state index contributed by atoms with van der Waals surface area (Å²) < 4.78 is 19.2. The average Bonchev–Trinajstić information content (AvgIpc) is 2.50. The zero-order valence-electron chi connectivity index (χ0n) is 11.7. The predicted molar refractivity (Wildman–Crippen MR) is 80.0 cm³/mol. The molecule has 0 aliphatic rings. The Kier molecular flexibility index (Phi) is 3.53. The molecule has 0 atom stereocenters. The molecule has 3 aromatic rings. The third kappa shape index (κ3) is 2.76. The van der Waals surface area contributed by atoms with Gasteiger partial charge in [0.1, 0.15) is 11.3 Å². The fourth-order valence-corrected chi connectivity index (χ4v) is 2.31. The molecule has 1 N–H and O–H groups in total. The Balaban J connectivity index is 2.07. The van der Waals surface area contributed by atoms with E-state index in [1.54, 1.807) is 6.07 Å². The van der Waals surface area contributed by atoms with Crippen LogP contribution in [-0.4, -0.2) is 10.0 Å². The van der Waals surface area contributed by atoms with Crippen LogP contribution in [0.2, 0.25) is 0 Å². The van der Waals surface area contributed by atoms with Gasteiger partial charge >= 0.3 is 11.3 Å². The molecule has 6 nitrogen and oxygen atoms in total. The fraction of sp³-hybridized carbons (Fsp3) is 0.0625. The predicted octanol–water partition coefficient (Wildman–Crippen LogP) is 3.14. The lowest BCUT2D eigenvalue weighted by Gasteiger charge is -2.05. The Bertz CT molecular complexity index is 980. The highest BCUT2D eigenvalue weighted by atomic mass is 19.1. The van der Waals surface area contributed by atoms with Gasteiger partial charge in [-0.25, -0.2) is 4.79 Å². The first kappa shape index (κ1) is 14.7. The van der Waals surface area contributed by atoms with Crippen LogP contribution in [0, 0.1) is 15.9 Å². The topological polar surface area (TPSA) is 93.6 Å². The summed E-state index contributed by atoms with van der Waals surface area (Å²) in [6.45, 7) is 0. The van der Waals surface area contributed by atoms with Gasteiger partial charge in [-0.05, 0) is 23.8 Å². The number of rotatable bonds is 3. The Morgan fingerprint density at radius 3 is 2.70 bits per heavy atom. The van der Waals surface area contributed by atoms with E-state index in [0.717, 1.165) is 6.07 Å². The van der Waals surface area contributed by atoms with Crippen LogP contribution in [0.4, 0.5) is 10.1 Å². The highest BCUT2D eigenvalue weighted by Gasteiger charge is 2.18. The van der Waals surface area contributed by atoms with E-state index in [9.17, 15) is 24.4 Å². The Morgan fingerprint density at radius 1 is 1.17 bits per heavy atom. The molecule has 0 amide bonds. The summed E-state index contributed by atoms with van der Waals surface area (Å²) in [5.74, 6) is -1.01. The number of nitro benzene ring substituents is 1. The molecular weight excluding hydrogens is 305 g/mol. The average molecular weight is 315 g/mol. The van der Waals surface area contributed by atoms with Crippen LogP contribution >= 0.6 is 0 Å². The van der Waals surface area contributed by atoms with Gasteiger partial charge in [0.15, 0.2) is 0 Å². The lowest BCUT2D eigenvalue weighted by Crippen LogP contribution is -2.09. The molecular formula is C16H10FNO5. The molecule has 1 aromatic heterocycles. The standard InChI is InChI=1S/C16H10FNO5/c17-15-10(2-1-3-13(15)18(21)22)7-11-6-9-4-5-12(19)8-14(9)23-16(11)20/h1-6,8,19H,7H2. The van der Waals surface area contributed by atoms with Crippen LogP contribution < -0.4 is 5.63 Å². The van der Waals surface area contributed by atoms with Crippen molar-refractivity contribution in [2.24, 2.45) is 0 Å². The zero-order chi connectivity index (χ0) is 16.6. The van der Waals surface area contributed by atoms with Crippen molar-refractivity contribution in [1.82, 2.24) is 0 Å². The summed E-state index contributed by atoms with van der Waals surface area (Å²) in [4.78, 5) is 21.9.